The van der Waals surface area contributed by atoms with Gasteiger partial charge in [0, 0.05) is 18.1 Å². The summed E-state index contributed by atoms with van der Waals surface area (Å²) >= 11 is 5.73. The molecule has 2 amide bonds. The van der Waals surface area contributed by atoms with Gasteiger partial charge in [0.15, 0.2) is 6.61 Å². The van der Waals surface area contributed by atoms with Crippen LogP contribution in [0, 0.1) is 5.92 Å². The third-order valence-electron chi connectivity index (χ3n) is 3.58. The topological polar surface area (TPSA) is 89.7 Å². The number of amides is 2. The quantitative estimate of drug-likeness (QED) is 0.843. The summed E-state index contributed by atoms with van der Waals surface area (Å²) < 4.78 is 4.99. The number of halogens is 1. The lowest BCUT2D eigenvalue weighted by molar-refractivity contribution is -0.137. The SMILES string of the molecule is NC(=O)[C@H]1CCCN(C(=O)COC(=O)c2ccc(Cl)cc2)C1. The highest BCUT2D eigenvalue weighted by Crippen LogP contribution is 2.16. The number of carbonyl (C=O) groups is 3. The van der Waals surface area contributed by atoms with Crippen LogP contribution in [0.25, 0.3) is 0 Å². The molecule has 1 aromatic rings. The van der Waals surface area contributed by atoms with Gasteiger partial charge in [-0.15, -0.1) is 0 Å². The van der Waals surface area contributed by atoms with Crippen LogP contribution in [0.3, 0.4) is 0 Å². The molecule has 0 aliphatic carbocycles. The van der Waals surface area contributed by atoms with Crippen molar-refractivity contribution in [3.63, 3.8) is 0 Å². The molecule has 0 bridgehead atoms. The monoisotopic (exact) mass is 324 g/mol. The van der Waals surface area contributed by atoms with Gasteiger partial charge in [0.25, 0.3) is 5.91 Å². The normalized spacial score (nSPS) is 17.9. The second-order valence-electron chi connectivity index (χ2n) is 5.16. The number of piperidine rings is 1. The van der Waals surface area contributed by atoms with E-state index in [2.05, 4.69) is 0 Å². The number of hydrogen-bond acceptors (Lipinski definition) is 4. The van der Waals surface area contributed by atoms with Gasteiger partial charge < -0.3 is 15.4 Å². The van der Waals surface area contributed by atoms with Gasteiger partial charge in [-0.05, 0) is 37.1 Å². The van der Waals surface area contributed by atoms with E-state index in [1.54, 1.807) is 12.1 Å². The summed E-state index contributed by atoms with van der Waals surface area (Å²) in [5, 5.41) is 0.512. The van der Waals surface area contributed by atoms with Crippen LogP contribution in [0.4, 0.5) is 0 Å². The Morgan fingerprint density at radius 2 is 1.95 bits per heavy atom. The van der Waals surface area contributed by atoms with Crippen LogP contribution in [-0.2, 0) is 14.3 Å². The van der Waals surface area contributed by atoms with E-state index >= 15 is 0 Å². The zero-order valence-corrected chi connectivity index (χ0v) is 12.7. The number of ether oxygens (including phenoxy) is 1. The molecule has 0 aromatic heterocycles. The fourth-order valence-corrected chi connectivity index (χ4v) is 2.45. The highest BCUT2D eigenvalue weighted by Gasteiger charge is 2.27. The summed E-state index contributed by atoms with van der Waals surface area (Å²) in [6.07, 6.45) is 1.40. The molecule has 1 aromatic carbocycles. The minimum absolute atomic E-state index is 0.284. The smallest absolute Gasteiger partial charge is 0.338 e. The predicted molar refractivity (Wildman–Crippen MR) is 80.2 cm³/mol. The van der Waals surface area contributed by atoms with Gasteiger partial charge in [-0.25, -0.2) is 4.79 Å². The Hall–Kier alpha value is -2.08. The van der Waals surface area contributed by atoms with Crippen molar-refractivity contribution in [1.29, 1.82) is 0 Å². The Bertz CT molecular complexity index is 573. The number of hydrogen-bond donors (Lipinski definition) is 1. The standard InChI is InChI=1S/C15H17ClN2O4/c16-12-5-3-10(4-6-12)15(21)22-9-13(19)18-7-1-2-11(8-18)14(17)20/h3-6,11H,1-2,7-9H2,(H2,17,20)/t11-/m0/s1. The molecule has 2 N–H and O–H groups in total. The Morgan fingerprint density at radius 1 is 1.27 bits per heavy atom. The number of primary amides is 1. The molecule has 118 valence electrons. The average molecular weight is 325 g/mol. The first-order valence-electron chi connectivity index (χ1n) is 6.97. The van der Waals surface area contributed by atoms with Crippen LogP contribution in [-0.4, -0.2) is 42.4 Å². The zero-order chi connectivity index (χ0) is 16.1. The fourth-order valence-electron chi connectivity index (χ4n) is 2.32. The summed E-state index contributed by atoms with van der Waals surface area (Å²) in [7, 11) is 0. The molecule has 7 heteroatoms. The maximum atomic E-state index is 12.0. The molecule has 0 radical (unpaired) electrons. The minimum Gasteiger partial charge on any atom is -0.452 e. The lowest BCUT2D eigenvalue weighted by atomic mass is 9.97. The van der Waals surface area contributed by atoms with Crippen molar-refractivity contribution in [3.05, 3.63) is 34.9 Å². The summed E-state index contributed by atoms with van der Waals surface area (Å²) in [4.78, 5) is 36.5. The van der Waals surface area contributed by atoms with Crippen LogP contribution in [0.15, 0.2) is 24.3 Å². The van der Waals surface area contributed by atoms with Crippen LogP contribution >= 0.6 is 11.6 Å². The van der Waals surface area contributed by atoms with Crippen molar-refractivity contribution in [3.8, 4) is 0 Å². The van der Waals surface area contributed by atoms with Crippen molar-refractivity contribution in [2.45, 2.75) is 12.8 Å². The molecule has 1 fully saturated rings. The number of esters is 1. The van der Waals surface area contributed by atoms with Crippen molar-refractivity contribution in [2.75, 3.05) is 19.7 Å². The molecule has 1 saturated heterocycles. The van der Waals surface area contributed by atoms with Gasteiger partial charge >= 0.3 is 5.97 Å². The molecule has 0 unspecified atom stereocenters. The van der Waals surface area contributed by atoms with E-state index in [0.29, 0.717) is 30.0 Å². The van der Waals surface area contributed by atoms with E-state index in [4.69, 9.17) is 22.1 Å². The molecule has 6 nitrogen and oxygen atoms in total. The molecule has 1 aliphatic heterocycles. The van der Waals surface area contributed by atoms with E-state index in [1.807, 2.05) is 0 Å². The lowest BCUT2D eigenvalue weighted by Gasteiger charge is -2.31. The summed E-state index contributed by atoms with van der Waals surface area (Å²) in [6.45, 7) is 0.473. The van der Waals surface area contributed by atoms with Gasteiger partial charge in [-0.3, -0.25) is 9.59 Å². The maximum Gasteiger partial charge on any atom is 0.338 e. The molecule has 0 spiro atoms. The highest BCUT2D eigenvalue weighted by atomic mass is 35.5. The van der Waals surface area contributed by atoms with Gasteiger partial charge in [-0.2, -0.15) is 0 Å². The predicted octanol–water partition coefficient (Wildman–Crippen LogP) is 1.22. The van der Waals surface area contributed by atoms with E-state index in [-0.39, 0.29) is 25.0 Å². The maximum absolute atomic E-state index is 12.0. The first-order chi connectivity index (χ1) is 10.5. The Kier molecular flexibility index (Phi) is 5.38. The van der Waals surface area contributed by atoms with Crippen LogP contribution in [0.1, 0.15) is 23.2 Å². The third-order valence-corrected chi connectivity index (χ3v) is 3.84. The largest absolute Gasteiger partial charge is 0.452 e. The fraction of sp³-hybridized carbons (Fsp3) is 0.400. The molecule has 1 heterocycles. The number of carbonyl (C=O) groups excluding carboxylic acids is 3. The van der Waals surface area contributed by atoms with E-state index in [9.17, 15) is 14.4 Å². The van der Waals surface area contributed by atoms with E-state index in [1.165, 1.54) is 17.0 Å². The van der Waals surface area contributed by atoms with Gasteiger partial charge in [0.1, 0.15) is 0 Å². The average Bonchev–Trinajstić information content (AvgIpc) is 2.53. The van der Waals surface area contributed by atoms with Gasteiger partial charge in [0.05, 0.1) is 11.5 Å². The summed E-state index contributed by atoms with van der Waals surface area (Å²) in [5.74, 6) is -1.65. The van der Waals surface area contributed by atoms with Crippen molar-refractivity contribution in [1.82, 2.24) is 4.90 Å². The Labute approximate surface area is 133 Å². The van der Waals surface area contributed by atoms with Crippen LogP contribution in [0.2, 0.25) is 5.02 Å². The van der Waals surface area contributed by atoms with E-state index < -0.39 is 11.9 Å². The number of benzene rings is 1. The van der Waals surface area contributed by atoms with Crippen molar-refractivity contribution in [2.24, 2.45) is 11.7 Å². The van der Waals surface area contributed by atoms with Crippen LogP contribution < -0.4 is 5.73 Å². The first-order valence-corrected chi connectivity index (χ1v) is 7.35. The second kappa shape index (κ2) is 7.26. The Morgan fingerprint density at radius 3 is 2.59 bits per heavy atom. The number of nitrogens with two attached hydrogens (primary N) is 1. The summed E-state index contributed by atoms with van der Waals surface area (Å²) in [6, 6.07) is 6.20. The van der Waals surface area contributed by atoms with Crippen molar-refractivity contribution >= 4 is 29.4 Å². The molecule has 0 saturated carbocycles. The van der Waals surface area contributed by atoms with Gasteiger partial charge in [0.2, 0.25) is 5.91 Å². The number of nitrogens with zero attached hydrogens (tertiary/aromatic N) is 1. The van der Waals surface area contributed by atoms with E-state index in [0.717, 1.165) is 0 Å². The lowest BCUT2D eigenvalue weighted by Crippen LogP contribution is -2.45. The van der Waals surface area contributed by atoms with Crippen LogP contribution in [0.5, 0.6) is 0 Å². The number of rotatable bonds is 4. The molecule has 22 heavy (non-hydrogen) atoms. The highest BCUT2D eigenvalue weighted by molar-refractivity contribution is 6.30. The third kappa shape index (κ3) is 4.21. The Balaban J connectivity index is 1.85. The van der Waals surface area contributed by atoms with Gasteiger partial charge in [-0.1, -0.05) is 11.6 Å². The minimum atomic E-state index is -0.589. The zero-order valence-electron chi connectivity index (χ0n) is 12.0. The number of likely N-dealkylation sites (tertiary alicyclic amines) is 1. The summed E-state index contributed by atoms with van der Waals surface area (Å²) in [5.41, 5.74) is 5.59. The molecular weight excluding hydrogens is 308 g/mol. The first kappa shape index (κ1) is 16.3. The second-order valence-corrected chi connectivity index (χ2v) is 5.60. The molecular formula is C15H17ClN2O4. The van der Waals surface area contributed by atoms with Crippen molar-refractivity contribution < 1.29 is 19.1 Å². The molecule has 1 atom stereocenters. The molecule has 1 aliphatic rings. The molecule has 2 rings (SSSR count).